The topological polar surface area (TPSA) is 51.8 Å². The van der Waals surface area contributed by atoms with E-state index in [1.807, 2.05) is 0 Å². The summed E-state index contributed by atoms with van der Waals surface area (Å²) in [5.74, 6) is 0.103. The number of nitrogens with zero attached hydrogens (tertiary/aromatic N) is 3. The van der Waals surface area contributed by atoms with E-state index in [1.165, 1.54) is 6.20 Å². The third kappa shape index (κ3) is 2.13. The number of halogens is 4. The molecular weight excluding hydrogens is 247 g/mol. The van der Waals surface area contributed by atoms with Gasteiger partial charge in [0.2, 0.25) is 0 Å². The summed E-state index contributed by atoms with van der Waals surface area (Å²) in [6.45, 7) is 0. The fourth-order valence-corrected chi connectivity index (χ4v) is 1.09. The minimum absolute atomic E-state index is 0.00704. The zero-order chi connectivity index (χ0) is 11.8. The zero-order valence-corrected chi connectivity index (χ0v) is 8.25. The fourth-order valence-electron chi connectivity index (χ4n) is 0.958. The first-order chi connectivity index (χ1) is 7.47. The lowest BCUT2D eigenvalue weighted by molar-refractivity contribution is -0.138. The van der Waals surface area contributed by atoms with Crippen molar-refractivity contribution in [1.29, 1.82) is 0 Å². The molecule has 84 valence electrons. The Balaban J connectivity index is 2.33. The Morgan fingerprint density at radius 3 is 2.12 bits per heavy atom. The molecule has 8 heteroatoms. The Hall–Kier alpha value is -1.63. The molecule has 0 spiro atoms. The van der Waals surface area contributed by atoms with Gasteiger partial charge in [0.05, 0.1) is 11.8 Å². The molecule has 0 aliphatic heterocycles. The molecule has 0 unspecified atom stereocenters. The Morgan fingerprint density at radius 2 is 1.69 bits per heavy atom. The van der Waals surface area contributed by atoms with E-state index in [0.717, 1.165) is 0 Å². The number of hydrogen-bond acceptors (Lipinski definition) is 4. The SMILES string of the molecule is FC(F)(F)c1cnc(-c2cnc(Cl)o2)nc1. The van der Waals surface area contributed by atoms with Crippen molar-refractivity contribution in [3.8, 4) is 11.6 Å². The summed E-state index contributed by atoms with van der Waals surface area (Å²) in [5.41, 5.74) is -0.929. The van der Waals surface area contributed by atoms with Gasteiger partial charge in [-0.1, -0.05) is 0 Å². The fraction of sp³-hybridized carbons (Fsp3) is 0.125. The summed E-state index contributed by atoms with van der Waals surface area (Å²) >= 11 is 5.40. The highest BCUT2D eigenvalue weighted by molar-refractivity contribution is 6.27. The number of hydrogen-bond donors (Lipinski definition) is 0. The molecule has 0 saturated carbocycles. The monoisotopic (exact) mass is 249 g/mol. The smallest absolute Gasteiger partial charge is 0.419 e. The maximum atomic E-state index is 12.2. The van der Waals surface area contributed by atoms with Gasteiger partial charge in [-0.25, -0.2) is 15.0 Å². The lowest BCUT2D eigenvalue weighted by Gasteiger charge is -2.04. The van der Waals surface area contributed by atoms with Gasteiger partial charge in [-0.2, -0.15) is 13.2 Å². The van der Waals surface area contributed by atoms with Crippen LogP contribution in [0, 0.1) is 0 Å². The lowest BCUT2D eigenvalue weighted by atomic mass is 10.3. The number of oxazole rings is 1. The number of aromatic nitrogens is 3. The summed E-state index contributed by atoms with van der Waals surface area (Å²) in [7, 11) is 0. The average molecular weight is 250 g/mol. The van der Waals surface area contributed by atoms with Gasteiger partial charge in [0, 0.05) is 12.4 Å². The molecule has 2 aromatic heterocycles. The average Bonchev–Trinajstić information content (AvgIpc) is 2.64. The van der Waals surface area contributed by atoms with Crippen molar-refractivity contribution < 1.29 is 17.6 Å². The molecule has 0 aliphatic carbocycles. The molecule has 2 rings (SSSR count). The maximum Gasteiger partial charge on any atom is 0.419 e. The minimum Gasteiger partial charge on any atom is -0.424 e. The van der Waals surface area contributed by atoms with Crippen LogP contribution in [0.25, 0.3) is 11.6 Å². The van der Waals surface area contributed by atoms with Crippen LogP contribution >= 0.6 is 11.6 Å². The molecule has 0 bridgehead atoms. The van der Waals surface area contributed by atoms with Crippen molar-refractivity contribution in [3.05, 3.63) is 29.5 Å². The predicted octanol–water partition coefficient (Wildman–Crippen LogP) is 2.80. The van der Waals surface area contributed by atoms with Crippen LogP contribution < -0.4 is 0 Å². The van der Waals surface area contributed by atoms with Crippen LogP contribution in [0.3, 0.4) is 0 Å². The van der Waals surface area contributed by atoms with Gasteiger partial charge >= 0.3 is 6.18 Å². The van der Waals surface area contributed by atoms with E-state index in [4.69, 9.17) is 16.0 Å². The summed E-state index contributed by atoms with van der Waals surface area (Å²) < 4.78 is 41.4. The zero-order valence-electron chi connectivity index (χ0n) is 7.49. The summed E-state index contributed by atoms with van der Waals surface area (Å²) in [6, 6.07) is 0. The summed E-state index contributed by atoms with van der Waals surface area (Å²) in [6.07, 6.45) is -1.90. The second kappa shape index (κ2) is 3.75. The highest BCUT2D eigenvalue weighted by Crippen LogP contribution is 2.28. The van der Waals surface area contributed by atoms with Crippen LogP contribution in [0.5, 0.6) is 0 Å². The van der Waals surface area contributed by atoms with Crippen LogP contribution in [0.15, 0.2) is 23.0 Å². The van der Waals surface area contributed by atoms with E-state index in [2.05, 4.69) is 15.0 Å². The quantitative estimate of drug-likeness (QED) is 0.780. The highest BCUT2D eigenvalue weighted by Gasteiger charge is 2.31. The van der Waals surface area contributed by atoms with Gasteiger partial charge in [0.25, 0.3) is 5.35 Å². The van der Waals surface area contributed by atoms with Crippen molar-refractivity contribution in [2.75, 3.05) is 0 Å². The molecule has 0 aliphatic rings. The van der Waals surface area contributed by atoms with E-state index in [-0.39, 0.29) is 16.9 Å². The Morgan fingerprint density at radius 1 is 1.06 bits per heavy atom. The highest BCUT2D eigenvalue weighted by atomic mass is 35.5. The molecule has 0 atom stereocenters. The molecular formula is C8H3ClF3N3O. The van der Waals surface area contributed by atoms with Crippen molar-refractivity contribution in [2.24, 2.45) is 0 Å². The van der Waals surface area contributed by atoms with Crippen molar-refractivity contribution >= 4 is 11.6 Å². The van der Waals surface area contributed by atoms with E-state index in [0.29, 0.717) is 12.4 Å². The van der Waals surface area contributed by atoms with Gasteiger partial charge < -0.3 is 4.42 Å². The van der Waals surface area contributed by atoms with Crippen LogP contribution in [0.4, 0.5) is 13.2 Å². The second-order valence-corrected chi connectivity index (χ2v) is 3.09. The molecule has 0 radical (unpaired) electrons. The third-order valence-electron chi connectivity index (χ3n) is 1.68. The molecule has 0 fully saturated rings. The van der Waals surface area contributed by atoms with E-state index in [9.17, 15) is 13.2 Å². The number of rotatable bonds is 1. The van der Waals surface area contributed by atoms with Gasteiger partial charge in [0.1, 0.15) is 0 Å². The first-order valence-corrected chi connectivity index (χ1v) is 4.35. The summed E-state index contributed by atoms with van der Waals surface area (Å²) in [5, 5.41) is -0.126. The molecule has 0 saturated heterocycles. The Kier molecular flexibility index (Phi) is 2.55. The molecule has 4 nitrogen and oxygen atoms in total. The first kappa shape index (κ1) is 10.9. The van der Waals surface area contributed by atoms with Gasteiger partial charge in [-0.15, -0.1) is 0 Å². The van der Waals surface area contributed by atoms with Crippen molar-refractivity contribution in [2.45, 2.75) is 6.18 Å². The Labute approximate surface area is 92.1 Å². The molecule has 0 amide bonds. The largest absolute Gasteiger partial charge is 0.424 e. The second-order valence-electron chi connectivity index (χ2n) is 2.77. The molecule has 2 aromatic rings. The van der Waals surface area contributed by atoms with E-state index in [1.54, 1.807) is 0 Å². The van der Waals surface area contributed by atoms with Crippen LogP contribution in [-0.4, -0.2) is 15.0 Å². The lowest BCUT2D eigenvalue weighted by Crippen LogP contribution is -2.06. The van der Waals surface area contributed by atoms with E-state index >= 15 is 0 Å². The van der Waals surface area contributed by atoms with E-state index < -0.39 is 11.7 Å². The summed E-state index contributed by atoms with van der Waals surface area (Å²) in [4.78, 5) is 10.6. The molecule has 16 heavy (non-hydrogen) atoms. The van der Waals surface area contributed by atoms with Crippen molar-refractivity contribution in [1.82, 2.24) is 15.0 Å². The van der Waals surface area contributed by atoms with Crippen LogP contribution in [0.1, 0.15) is 5.56 Å². The molecule has 2 heterocycles. The van der Waals surface area contributed by atoms with Gasteiger partial charge in [-0.05, 0) is 11.6 Å². The first-order valence-electron chi connectivity index (χ1n) is 3.98. The molecule has 0 aromatic carbocycles. The maximum absolute atomic E-state index is 12.2. The minimum atomic E-state index is -4.46. The number of alkyl halides is 3. The standard InChI is InChI=1S/C8H3ClF3N3O/c9-7-15-3-5(16-7)6-13-1-4(2-14-6)8(10,11)12/h1-3H. The van der Waals surface area contributed by atoms with Gasteiger partial charge in [-0.3, -0.25) is 0 Å². The third-order valence-corrected chi connectivity index (χ3v) is 1.85. The van der Waals surface area contributed by atoms with Crippen LogP contribution in [-0.2, 0) is 6.18 Å². The normalized spacial score (nSPS) is 11.8. The Bertz CT molecular complexity index is 494. The predicted molar refractivity (Wildman–Crippen MR) is 47.5 cm³/mol. The van der Waals surface area contributed by atoms with Gasteiger partial charge in [0.15, 0.2) is 11.6 Å². The molecule has 0 N–H and O–H groups in total. The van der Waals surface area contributed by atoms with Crippen molar-refractivity contribution in [3.63, 3.8) is 0 Å². The van der Waals surface area contributed by atoms with Crippen LogP contribution in [0.2, 0.25) is 5.35 Å².